The molecule has 3 aliphatic heterocycles. The van der Waals surface area contributed by atoms with E-state index in [1.165, 1.54) is 0 Å². The van der Waals surface area contributed by atoms with Gasteiger partial charge in [0.15, 0.2) is 0 Å². The largest absolute Gasteiger partial charge is 0.423 e. The Morgan fingerprint density at radius 1 is 1.05 bits per heavy atom. The molecular weight excluding hydrogens is 270 g/mol. The van der Waals surface area contributed by atoms with Crippen molar-refractivity contribution in [2.24, 2.45) is 0 Å². The molecule has 4 heterocycles. The van der Waals surface area contributed by atoms with Crippen molar-refractivity contribution >= 4 is 0 Å². The van der Waals surface area contributed by atoms with Gasteiger partial charge in [0, 0.05) is 38.8 Å². The molecule has 0 aromatic carbocycles. The highest BCUT2D eigenvalue weighted by Gasteiger charge is 2.43. The van der Waals surface area contributed by atoms with Crippen LogP contribution in [0.2, 0.25) is 0 Å². The van der Waals surface area contributed by atoms with E-state index in [-0.39, 0.29) is 6.10 Å². The number of hydrogen-bond donors (Lipinski definition) is 0. The van der Waals surface area contributed by atoms with Gasteiger partial charge in [0.25, 0.3) is 0 Å². The molecular formula is C15H23N3O3. The molecule has 3 saturated heterocycles. The van der Waals surface area contributed by atoms with Crippen LogP contribution >= 0.6 is 0 Å². The zero-order valence-corrected chi connectivity index (χ0v) is 12.5. The maximum atomic E-state index is 6.26. The van der Waals surface area contributed by atoms with Crippen molar-refractivity contribution in [2.75, 3.05) is 19.8 Å². The lowest BCUT2D eigenvalue weighted by atomic mass is 9.97. The van der Waals surface area contributed by atoms with Crippen LogP contribution in [0.1, 0.15) is 50.0 Å². The summed E-state index contributed by atoms with van der Waals surface area (Å²) in [6, 6.07) is 1.24. The fourth-order valence-corrected chi connectivity index (χ4v) is 4.05. The zero-order valence-electron chi connectivity index (χ0n) is 12.5. The third-order valence-electron chi connectivity index (χ3n) is 5.07. The number of rotatable bonds is 2. The second-order valence-electron chi connectivity index (χ2n) is 6.34. The molecule has 1 aromatic heterocycles. The van der Waals surface area contributed by atoms with E-state index in [2.05, 4.69) is 15.1 Å². The molecule has 6 nitrogen and oxygen atoms in total. The van der Waals surface area contributed by atoms with Gasteiger partial charge in [-0.05, 0) is 32.1 Å². The Kier molecular flexibility index (Phi) is 3.69. The van der Waals surface area contributed by atoms with Gasteiger partial charge in [-0.1, -0.05) is 0 Å². The van der Waals surface area contributed by atoms with Crippen LogP contribution in [0.4, 0.5) is 0 Å². The van der Waals surface area contributed by atoms with Crippen molar-refractivity contribution in [1.82, 2.24) is 15.1 Å². The molecule has 3 atom stereocenters. The summed E-state index contributed by atoms with van der Waals surface area (Å²) in [7, 11) is 0. The highest BCUT2D eigenvalue weighted by molar-refractivity contribution is 4.98. The van der Waals surface area contributed by atoms with Crippen molar-refractivity contribution in [3.8, 4) is 0 Å². The van der Waals surface area contributed by atoms with E-state index in [1.807, 2.05) is 6.92 Å². The van der Waals surface area contributed by atoms with Gasteiger partial charge < -0.3 is 13.9 Å². The summed E-state index contributed by atoms with van der Waals surface area (Å²) in [4.78, 5) is 2.67. The van der Waals surface area contributed by atoms with Crippen LogP contribution in [0, 0.1) is 6.92 Å². The maximum Gasteiger partial charge on any atom is 0.245 e. The molecule has 0 spiro atoms. The molecule has 0 radical (unpaired) electrons. The number of fused-ring (bicyclic) bond motifs is 1. The molecule has 4 rings (SSSR count). The summed E-state index contributed by atoms with van der Waals surface area (Å²) in [5, 5.41) is 8.04. The van der Waals surface area contributed by atoms with Crippen LogP contribution in [0.5, 0.6) is 0 Å². The van der Waals surface area contributed by atoms with E-state index in [1.54, 1.807) is 0 Å². The van der Waals surface area contributed by atoms with Crippen molar-refractivity contribution in [2.45, 2.75) is 63.3 Å². The lowest BCUT2D eigenvalue weighted by Gasteiger charge is -2.39. The maximum absolute atomic E-state index is 6.26. The van der Waals surface area contributed by atoms with Gasteiger partial charge in [-0.3, -0.25) is 4.90 Å². The zero-order chi connectivity index (χ0) is 14.2. The van der Waals surface area contributed by atoms with E-state index in [4.69, 9.17) is 13.9 Å². The van der Waals surface area contributed by atoms with Gasteiger partial charge in [-0.15, -0.1) is 10.2 Å². The van der Waals surface area contributed by atoms with E-state index >= 15 is 0 Å². The predicted octanol–water partition coefficient (Wildman–Crippen LogP) is 1.85. The van der Waals surface area contributed by atoms with Gasteiger partial charge >= 0.3 is 0 Å². The molecule has 0 N–H and O–H groups in total. The first-order valence-electron chi connectivity index (χ1n) is 8.10. The van der Waals surface area contributed by atoms with Crippen molar-refractivity contribution in [3.05, 3.63) is 11.8 Å². The number of aromatic nitrogens is 2. The summed E-state index contributed by atoms with van der Waals surface area (Å²) >= 11 is 0. The van der Waals surface area contributed by atoms with E-state index in [0.717, 1.165) is 51.9 Å². The first kappa shape index (κ1) is 13.7. The summed E-state index contributed by atoms with van der Waals surface area (Å²) in [5.41, 5.74) is 0. The lowest BCUT2D eigenvalue weighted by Crippen LogP contribution is -2.47. The third kappa shape index (κ3) is 2.60. The standard InChI is InChI=1S/C15H23N3O3/c1-10-16-17-15(20-10)14-3-2-12-13(21-14)4-7-18(12)11-5-8-19-9-6-11/h11-14H,2-9H2,1H3/t12-,13-,14+/m1/s1. The van der Waals surface area contributed by atoms with Gasteiger partial charge in [-0.2, -0.15) is 0 Å². The minimum Gasteiger partial charge on any atom is -0.423 e. The molecule has 3 fully saturated rings. The first-order chi connectivity index (χ1) is 10.3. The van der Waals surface area contributed by atoms with Crippen LogP contribution in [-0.2, 0) is 9.47 Å². The fraction of sp³-hybridized carbons (Fsp3) is 0.867. The smallest absolute Gasteiger partial charge is 0.245 e. The van der Waals surface area contributed by atoms with Crippen LogP contribution in [0.3, 0.4) is 0 Å². The second kappa shape index (κ2) is 5.66. The van der Waals surface area contributed by atoms with E-state index in [9.17, 15) is 0 Å². The molecule has 21 heavy (non-hydrogen) atoms. The normalized spacial score (nSPS) is 35.0. The molecule has 0 amide bonds. The number of hydrogen-bond acceptors (Lipinski definition) is 6. The summed E-state index contributed by atoms with van der Waals surface area (Å²) in [6.07, 6.45) is 5.88. The molecule has 0 aliphatic carbocycles. The van der Waals surface area contributed by atoms with Crippen LogP contribution < -0.4 is 0 Å². The summed E-state index contributed by atoms with van der Waals surface area (Å²) in [5.74, 6) is 1.27. The lowest BCUT2D eigenvalue weighted by molar-refractivity contribution is -0.0901. The topological polar surface area (TPSA) is 60.6 Å². The van der Waals surface area contributed by atoms with Gasteiger partial charge in [-0.25, -0.2) is 0 Å². The molecule has 3 aliphatic rings. The predicted molar refractivity (Wildman–Crippen MR) is 74.8 cm³/mol. The summed E-state index contributed by atoms with van der Waals surface area (Å²) < 4.78 is 17.3. The van der Waals surface area contributed by atoms with Gasteiger partial charge in [0.1, 0.15) is 6.10 Å². The van der Waals surface area contributed by atoms with E-state index in [0.29, 0.717) is 30.0 Å². The van der Waals surface area contributed by atoms with Gasteiger partial charge in [0.05, 0.1) is 6.10 Å². The Bertz CT molecular complexity index is 486. The Labute approximate surface area is 124 Å². The molecule has 0 bridgehead atoms. The molecule has 1 aromatic rings. The Hall–Kier alpha value is -0.980. The van der Waals surface area contributed by atoms with Crippen molar-refractivity contribution < 1.29 is 13.9 Å². The number of nitrogens with zero attached hydrogens (tertiary/aromatic N) is 3. The van der Waals surface area contributed by atoms with Gasteiger partial charge in [0.2, 0.25) is 11.8 Å². The molecule has 0 unspecified atom stereocenters. The minimum absolute atomic E-state index is 0.0120. The highest BCUT2D eigenvalue weighted by Crippen LogP contribution is 2.39. The minimum atomic E-state index is -0.0120. The molecule has 0 saturated carbocycles. The average Bonchev–Trinajstić information content (AvgIpc) is 3.13. The molecule has 6 heteroatoms. The van der Waals surface area contributed by atoms with Crippen LogP contribution in [-0.4, -0.2) is 53.0 Å². The highest BCUT2D eigenvalue weighted by atomic mass is 16.5. The SMILES string of the molecule is Cc1nnc([C@@H]2CC[C@@H]3[C@@H](CCN3C3CCOCC3)O2)o1. The van der Waals surface area contributed by atoms with Crippen LogP contribution in [0.25, 0.3) is 0 Å². The third-order valence-corrected chi connectivity index (χ3v) is 5.07. The van der Waals surface area contributed by atoms with Crippen molar-refractivity contribution in [3.63, 3.8) is 0 Å². The molecule has 116 valence electrons. The fourth-order valence-electron chi connectivity index (χ4n) is 4.05. The number of ether oxygens (including phenoxy) is 2. The Morgan fingerprint density at radius 3 is 2.67 bits per heavy atom. The Balaban J connectivity index is 1.42. The van der Waals surface area contributed by atoms with Crippen molar-refractivity contribution in [1.29, 1.82) is 0 Å². The van der Waals surface area contributed by atoms with Crippen LogP contribution in [0.15, 0.2) is 4.42 Å². The summed E-state index contributed by atoms with van der Waals surface area (Å²) in [6.45, 7) is 4.78. The monoisotopic (exact) mass is 293 g/mol. The Morgan fingerprint density at radius 2 is 1.90 bits per heavy atom. The quantitative estimate of drug-likeness (QED) is 0.829. The number of aryl methyl sites for hydroxylation is 1. The number of likely N-dealkylation sites (tertiary alicyclic amines) is 1. The first-order valence-corrected chi connectivity index (χ1v) is 8.10. The average molecular weight is 293 g/mol. The second-order valence-corrected chi connectivity index (χ2v) is 6.34. The van der Waals surface area contributed by atoms with E-state index < -0.39 is 0 Å².